The third kappa shape index (κ3) is 2.21. The highest BCUT2D eigenvalue weighted by Gasteiger charge is 2.12. The van der Waals surface area contributed by atoms with Crippen LogP contribution in [0.15, 0.2) is 12.2 Å². The van der Waals surface area contributed by atoms with E-state index in [1.54, 1.807) is 5.92 Å². The molecule has 0 amide bonds. The molecule has 0 aromatic carbocycles. The molecule has 1 aliphatic carbocycles. The molecule has 0 unspecified atom stereocenters. The van der Waals surface area contributed by atoms with Crippen LogP contribution in [0.2, 0.25) is 0 Å². The molecule has 0 bridgehead atoms. The van der Waals surface area contributed by atoms with Crippen LogP contribution in [0, 0.1) is 5.92 Å². The molecule has 0 atom stereocenters. The van der Waals surface area contributed by atoms with E-state index in [4.69, 9.17) is 0 Å². The molecular weight excluding hydrogens is 108 g/mol. The van der Waals surface area contributed by atoms with Crippen molar-refractivity contribution in [1.82, 2.24) is 0 Å². The van der Waals surface area contributed by atoms with Crippen LogP contribution < -0.4 is 0 Å². The van der Waals surface area contributed by atoms with Gasteiger partial charge < -0.3 is 0 Å². The van der Waals surface area contributed by atoms with Crippen LogP contribution in [0.4, 0.5) is 0 Å². The fourth-order valence-corrected chi connectivity index (χ4v) is 1.36. The van der Waals surface area contributed by atoms with Gasteiger partial charge in [-0.05, 0) is 32.1 Å². The monoisotopic (exact) mass is 123 g/mol. The molecule has 1 fully saturated rings. The molecule has 1 saturated carbocycles. The maximum absolute atomic E-state index is 2.26. The Morgan fingerprint density at radius 2 is 2.00 bits per heavy atom. The summed E-state index contributed by atoms with van der Waals surface area (Å²) in [6, 6.07) is 0. The first-order chi connectivity index (χ1) is 4.43. The third-order valence-electron chi connectivity index (χ3n) is 1.95. The van der Waals surface area contributed by atoms with Gasteiger partial charge in [0.2, 0.25) is 0 Å². The molecule has 9 heavy (non-hydrogen) atoms. The quantitative estimate of drug-likeness (QED) is 0.495. The smallest absolute Gasteiger partial charge is 0.0204 e. The summed E-state index contributed by atoms with van der Waals surface area (Å²) >= 11 is 0. The highest BCUT2D eigenvalue weighted by molar-refractivity contribution is 5.00. The van der Waals surface area contributed by atoms with E-state index >= 15 is 0 Å². The summed E-state index contributed by atoms with van der Waals surface area (Å²) < 4.78 is 0. The lowest BCUT2D eigenvalue weighted by Crippen LogP contribution is -1.84. The Bertz CT molecular complexity index is 86.2. The lowest BCUT2D eigenvalue weighted by atomic mass is 10.0. The lowest BCUT2D eigenvalue weighted by Gasteiger charge is -2.00. The van der Waals surface area contributed by atoms with Gasteiger partial charge in [-0.1, -0.05) is 25.0 Å². The third-order valence-corrected chi connectivity index (χ3v) is 1.95. The molecule has 0 heteroatoms. The molecule has 51 valence electrons. The van der Waals surface area contributed by atoms with Gasteiger partial charge >= 0.3 is 0 Å². The molecule has 1 radical (unpaired) electrons. The summed E-state index contributed by atoms with van der Waals surface area (Å²) in [5.74, 6) is 1.76. The van der Waals surface area contributed by atoms with Crippen LogP contribution in [0.1, 0.15) is 39.0 Å². The fourth-order valence-electron chi connectivity index (χ4n) is 1.36. The Morgan fingerprint density at radius 1 is 1.33 bits per heavy atom. The van der Waals surface area contributed by atoms with E-state index in [9.17, 15) is 0 Å². The van der Waals surface area contributed by atoms with E-state index in [1.165, 1.54) is 32.1 Å². The van der Waals surface area contributed by atoms with Gasteiger partial charge in [-0.15, -0.1) is 0 Å². The lowest BCUT2D eigenvalue weighted by molar-refractivity contribution is 0.857. The van der Waals surface area contributed by atoms with E-state index in [2.05, 4.69) is 19.1 Å². The number of hydrogen-bond acceptors (Lipinski definition) is 0. The predicted molar refractivity (Wildman–Crippen MR) is 41.1 cm³/mol. The van der Waals surface area contributed by atoms with Gasteiger partial charge in [0.05, 0.1) is 0 Å². The van der Waals surface area contributed by atoms with Gasteiger partial charge in [0.1, 0.15) is 0 Å². The minimum atomic E-state index is 1.25. The van der Waals surface area contributed by atoms with Gasteiger partial charge in [0.15, 0.2) is 0 Å². The summed E-state index contributed by atoms with van der Waals surface area (Å²) in [4.78, 5) is 0. The van der Waals surface area contributed by atoms with Crippen molar-refractivity contribution in [1.29, 1.82) is 0 Å². The molecule has 0 aliphatic heterocycles. The van der Waals surface area contributed by atoms with Gasteiger partial charge in [0.25, 0.3) is 0 Å². The second kappa shape index (κ2) is 3.71. The number of rotatable bonds is 2. The Hall–Kier alpha value is -0.260. The molecule has 0 aromatic heterocycles. The highest BCUT2D eigenvalue weighted by atomic mass is 14.2. The first kappa shape index (κ1) is 6.85. The van der Waals surface area contributed by atoms with Gasteiger partial charge in [-0.3, -0.25) is 0 Å². The van der Waals surface area contributed by atoms with E-state index in [-0.39, 0.29) is 0 Å². The molecule has 0 nitrogen and oxygen atoms in total. The standard InChI is InChI=1S/C9H15/c1-2-3-6-9-7-4-5-8-9/h2-3H,4-8H2,1H3/b3-2+. The predicted octanol–water partition coefficient (Wildman–Crippen LogP) is 3.10. The average molecular weight is 123 g/mol. The van der Waals surface area contributed by atoms with Crippen LogP contribution in [-0.4, -0.2) is 0 Å². The van der Waals surface area contributed by atoms with Crippen molar-refractivity contribution in [2.75, 3.05) is 0 Å². The second-order valence-electron chi connectivity index (χ2n) is 2.73. The van der Waals surface area contributed by atoms with Crippen molar-refractivity contribution in [2.24, 2.45) is 0 Å². The zero-order valence-electron chi connectivity index (χ0n) is 6.19. The molecule has 0 saturated heterocycles. The van der Waals surface area contributed by atoms with E-state index in [0.29, 0.717) is 0 Å². The Kier molecular flexibility index (Phi) is 2.82. The first-order valence-electron chi connectivity index (χ1n) is 3.88. The van der Waals surface area contributed by atoms with Crippen LogP contribution in [0.3, 0.4) is 0 Å². The highest BCUT2D eigenvalue weighted by Crippen LogP contribution is 2.29. The van der Waals surface area contributed by atoms with Crippen molar-refractivity contribution >= 4 is 0 Å². The minimum absolute atomic E-state index is 1.25. The zero-order valence-corrected chi connectivity index (χ0v) is 6.19. The molecule has 1 aliphatic rings. The summed E-state index contributed by atoms with van der Waals surface area (Å²) in [6.45, 7) is 2.09. The molecule has 0 heterocycles. The number of hydrogen-bond donors (Lipinski definition) is 0. The Balaban J connectivity index is 2.11. The van der Waals surface area contributed by atoms with Crippen molar-refractivity contribution in [3.05, 3.63) is 18.1 Å². The molecule has 0 N–H and O–H groups in total. The summed E-state index contributed by atoms with van der Waals surface area (Å²) in [6.07, 6.45) is 11.3. The van der Waals surface area contributed by atoms with Gasteiger partial charge in [-0.25, -0.2) is 0 Å². The second-order valence-corrected chi connectivity index (χ2v) is 2.73. The number of allylic oxidation sites excluding steroid dienone is 2. The van der Waals surface area contributed by atoms with Crippen LogP contribution >= 0.6 is 0 Å². The largest absolute Gasteiger partial charge is 0.0916 e. The summed E-state index contributed by atoms with van der Waals surface area (Å²) in [7, 11) is 0. The molecular formula is C9H15. The summed E-state index contributed by atoms with van der Waals surface area (Å²) in [5, 5.41) is 0. The molecule has 0 spiro atoms. The Labute approximate surface area is 58.0 Å². The summed E-state index contributed by atoms with van der Waals surface area (Å²) in [5.41, 5.74) is 0. The van der Waals surface area contributed by atoms with Crippen LogP contribution in [0.5, 0.6) is 0 Å². The molecule has 1 rings (SSSR count). The van der Waals surface area contributed by atoms with Crippen molar-refractivity contribution < 1.29 is 0 Å². The Morgan fingerprint density at radius 3 is 2.56 bits per heavy atom. The van der Waals surface area contributed by atoms with Crippen molar-refractivity contribution in [3.63, 3.8) is 0 Å². The van der Waals surface area contributed by atoms with E-state index in [1.807, 2.05) is 0 Å². The zero-order chi connectivity index (χ0) is 6.53. The maximum Gasteiger partial charge on any atom is -0.0204 e. The van der Waals surface area contributed by atoms with Crippen molar-refractivity contribution in [2.45, 2.75) is 39.0 Å². The SMILES string of the molecule is C/C=C/C[C]1CCCC1. The normalized spacial score (nSPS) is 21.9. The maximum atomic E-state index is 2.26. The van der Waals surface area contributed by atoms with Crippen LogP contribution in [-0.2, 0) is 0 Å². The average Bonchev–Trinajstić information content (AvgIpc) is 2.34. The minimum Gasteiger partial charge on any atom is -0.0916 e. The van der Waals surface area contributed by atoms with Crippen LogP contribution in [0.25, 0.3) is 0 Å². The van der Waals surface area contributed by atoms with Gasteiger partial charge in [-0.2, -0.15) is 0 Å². The van der Waals surface area contributed by atoms with Crippen molar-refractivity contribution in [3.8, 4) is 0 Å². The molecule has 0 aromatic rings. The fraction of sp³-hybridized carbons (Fsp3) is 0.667. The first-order valence-corrected chi connectivity index (χ1v) is 3.88. The topological polar surface area (TPSA) is 0 Å². The van der Waals surface area contributed by atoms with E-state index in [0.717, 1.165) is 0 Å². The van der Waals surface area contributed by atoms with E-state index < -0.39 is 0 Å². The van der Waals surface area contributed by atoms with Gasteiger partial charge in [0, 0.05) is 0 Å².